The van der Waals surface area contributed by atoms with Crippen molar-refractivity contribution < 1.29 is 18.0 Å². The molecule has 0 spiro atoms. The van der Waals surface area contributed by atoms with Gasteiger partial charge in [0.15, 0.2) is 0 Å². The van der Waals surface area contributed by atoms with E-state index in [2.05, 4.69) is 5.32 Å². The second-order valence-electron chi connectivity index (χ2n) is 8.56. The van der Waals surface area contributed by atoms with E-state index in [4.69, 9.17) is 34.8 Å². The van der Waals surface area contributed by atoms with E-state index in [0.717, 1.165) is 18.2 Å². The van der Waals surface area contributed by atoms with Crippen molar-refractivity contribution in [2.45, 2.75) is 52.6 Å². The Kier molecular flexibility index (Phi) is 11.3. The van der Waals surface area contributed by atoms with E-state index in [0.29, 0.717) is 32.9 Å². The first kappa shape index (κ1) is 30.2. The Bertz CT molecular complexity index is 1190. The highest BCUT2D eigenvalue weighted by atomic mass is 35.5. The molecule has 11 heteroatoms. The number of sulfonamides is 1. The van der Waals surface area contributed by atoms with Gasteiger partial charge < -0.3 is 10.2 Å². The summed E-state index contributed by atoms with van der Waals surface area (Å²) in [6, 6.07) is 9.37. The van der Waals surface area contributed by atoms with Crippen LogP contribution >= 0.6 is 34.8 Å². The summed E-state index contributed by atoms with van der Waals surface area (Å²) in [6.07, 6.45) is 2.17. The van der Waals surface area contributed by atoms with Gasteiger partial charge in [0.05, 0.1) is 22.0 Å². The fourth-order valence-electron chi connectivity index (χ4n) is 3.66. The maximum absolute atomic E-state index is 13.3. The van der Waals surface area contributed by atoms with Gasteiger partial charge in [-0.2, -0.15) is 0 Å². The monoisotopic (exact) mass is 575 g/mol. The summed E-state index contributed by atoms with van der Waals surface area (Å²) in [6.45, 7) is 6.09. The largest absolute Gasteiger partial charge is 0.354 e. The number of carbonyl (C=O) groups is 2. The van der Waals surface area contributed by atoms with Crippen molar-refractivity contribution in [1.29, 1.82) is 0 Å². The van der Waals surface area contributed by atoms with Crippen molar-refractivity contribution in [2.75, 3.05) is 23.7 Å². The molecule has 0 heterocycles. The Morgan fingerprint density at radius 3 is 2.36 bits per heavy atom. The molecule has 0 saturated carbocycles. The van der Waals surface area contributed by atoms with E-state index in [-0.39, 0.29) is 37.7 Å². The predicted octanol–water partition coefficient (Wildman–Crippen LogP) is 5.44. The minimum absolute atomic E-state index is 0.0400. The smallest absolute Gasteiger partial charge is 0.242 e. The molecule has 2 aromatic rings. The van der Waals surface area contributed by atoms with Crippen LogP contribution in [-0.2, 0) is 26.2 Å². The zero-order chi connectivity index (χ0) is 27.0. The summed E-state index contributed by atoms with van der Waals surface area (Å²) in [5.41, 5.74) is 1.83. The molecule has 0 aromatic heterocycles. The van der Waals surface area contributed by atoms with Crippen LogP contribution in [-0.4, -0.2) is 50.5 Å². The zero-order valence-electron chi connectivity index (χ0n) is 20.9. The van der Waals surface area contributed by atoms with Crippen molar-refractivity contribution >= 4 is 62.3 Å². The Hall–Kier alpha value is -2.00. The fraction of sp³-hybridized carbons (Fsp3) is 0.440. The van der Waals surface area contributed by atoms with Gasteiger partial charge in [-0.05, 0) is 62.1 Å². The lowest BCUT2D eigenvalue weighted by Gasteiger charge is -2.29. The molecule has 2 aromatic carbocycles. The number of anilines is 1. The van der Waals surface area contributed by atoms with Crippen molar-refractivity contribution in [3.05, 3.63) is 62.6 Å². The van der Waals surface area contributed by atoms with Crippen LogP contribution < -0.4 is 9.62 Å². The molecule has 0 aliphatic heterocycles. The summed E-state index contributed by atoms with van der Waals surface area (Å²) in [4.78, 5) is 27.5. The van der Waals surface area contributed by atoms with Crippen LogP contribution in [0.15, 0.2) is 36.4 Å². The molecule has 0 bridgehead atoms. The van der Waals surface area contributed by atoms with Gasteiger partial charge in [-0.3, -0.25) is 13.9 Å². The molecular formula is C25H32Cl3N3O4S. The van der Waals surface area contributed by atoms with Crippen LogP contribution in [0.5, 0.6) is 0 Å². The number of benzene rings is 2. The molecule has 2 rings (SSSR count). The fourth-order valence-corrected chi connectivity index (χ4v) is 5.17. The average Bonchev–Trinajstić information content (AvgIpc) is 2.81. The van der Waals surface area contributed by atoms with E-state index in [9.17, 15) is 18.0 Å². The molecule has 0 aliphatic carbocycles. The molecular weight excluding hydrogens is 545 g/mol. The van der Waals surface area contributed by atoms with Gasteiger partial charge >= 0.3 is 0 Å². The highest BCUT2D eigenvalue weighted by molar-refractivity contribution is 7.92. The number of hydrogen-bond acceptors (Lipinski definition) is 4. The Morgan fingerprint density at radius 1 is 1.06 bits per heavy atom. The summed E-state index contributed by atoms with van der Waals surface area (Å²) >= 11 is 18.4. The summed E-state index contributed by atoms with van der Waals surface area (Å²) < 4.78 is 26.3. The molecule has 1 N–H and O–H groups in total. The van der Waals surface area contributed by atoms with Crippen molar-refractivity contribution in [1.82, 2.24) is 10.2 Å². The molecule has 0 saturated heterocycles. The van der Waals surface area contributed by atoms with Gasteiger partial charge in [0.2, 0.25) is 21.8 Å². The van der Waals surface area contributed by atoms with Crippen molar-refractivity contribution in [3.8, 4) is 0 Å². The minimum Gasteiger partial charge on any atom is -0.354 e. The lowest BCUT2D eigenvalue weighted by atomic mass is 10.1. The van der Waals surface area contributed by atoms with Crippen LogP contribution in [0, 0.1) is 6.92 Å². The van der Waals surface area contributed by atoms with Crippen LogP contribution in [0.2, 0.25) is 15.1 Å². The van der Waals surface area contributed by atoms with Crippen LogP contribution in [0.1, 0.15) is 44.2 Å². The minimum atomic E-state index is -3.61. The lowest BCUT2D eigenvalue weighted by molar-refractivity contribution is -0.140. The first-order chi connectivity index (χ1) is 16.9. The highest BCUT2D eigenvalue weighted by Gasteiger charge is 2.27. The van der Waals surface area contributed by atoms with Crippen LogP contribution in [0.4, 0.5) is 5.69 Å². The molecule has 36 heavy (non-hydrogen) atoms. The quantitative estimate of drug-likeness (QED) is 0.364. The zero-order valence-corrected chi connectivity index (χ0v) is 23.9. The van der Waals surface area contributed by atoms with Gasteiger partial charge in [-0.15, -0.1) is 0 Å². The summed E-state index contributed by atoms with van der Waals surface area (Å²) in [5.74, 6) is -0.547. The van der Waals surface area contributed by atoms with Gasteiger partial charge in [0.25, 0.3) is 0 Å². The number of nitrogens with zero attached hydrogens (tertiary/aromatic N) is 2. The molecule has 2 amide bonds. The molecule has 198 valence electrons. The normalized spacial score (nSPS) is 12.2. The number of rotatable bonds is 12. The first-order valence-electron chi connectivity index (χ1n) is 11.6. The van der Waals surface area contributed by atoms with Gasteiger partial charge in [-0.1, -0.05) is 53.9 Å². The molecule has 0 aliphatic rings. The maximum Gasteiger partial charge on any atom is 0.242 e. The Morgan fingerprint density at radius 2 is 1.75 bits per heavy atom. The molecule has 0 fully saturated rings. The van der Waals surface area contributed by atoms with Crippen LogP contribution in [0.3, 0.4) is 0 Å². The van der Waals surface area contributed by atoms with E-state index in [1.807, 2.05) is 6.92 Å². The second-order valence-corrected chi connectivity index (χ2v) is 11.7. The van der Waals surface area contributed by atoms with Gasteiger partial charge in [0, 0.05) is 31.1 Å². The third kappa shape index (κ3) is 8.26. The number of hydrogen-bond donors (Lipinski definition) is 1. The van der Waals surface area contributed by atoms with Gasteiger partial charge in [-0.25, -0.2) is 8.42 Å². The van der Waals surface area contributed by atoms with E-state index < -0.39 is 16.1 Å². The molecule has 1 unspecified atom stereocenters. The maximum atomic E-state index is 13.3. The van der Waals surface area contributed by atoms with Crippen molar-refractivity contribution in [2.24, 2.45) is 0 Å². The molecule has 1 atom stereocenters. The third-order valence-electron chi connectivity index (χ3n) is 5.71. The lowest BCUT2D eigenvalue weighted by Crippen LogP contribution is -2.47. The Labute approximate surface area is 228 Å². The number of carbonyl (C=O) groups excluding carboxylic acids is 2. The standard InChI is InChI=1S/C25H32Cl3N3O4S/c1-5-13-29-25(33)18(3)30(16-19-11-12-21(27)22(28)15-19)24(32)10-7-14-31(36(4,34)35)23-9-6-8-20(26)17(23)2/h6,8-9,11-12,15,18H,5,7,10,13-14,16H2,1-4H3,(H,29,33). The Balaban J connectivity index is 2.21. The van der Waals surface area contributed by atoms with Crippen molar-refractivity contribution in [3.63, 3.8) is 0 Å². The molecule has 7 nitrogen and oxygen atoms in total. The number of halogens is 3. The third-order valence-corrected chi connectivity index (χ3v) is 8.04. The van der Waals surface area contributed by atoms with Gasteiger partial charge in [0.1, 0.15) is 6.04 Å². The number of nitrogens with one attached hydrogen (secondary N) is 1. The second kappa shape index (κ2) is 13.5. The van der Waals surface area contributed by atoms with E-state index >= 15 is 0 Å². The summed E-state index contributed by atoms with van der Waals surface area (Å²) in [5, 5.41) is 4.02. The predicted molar refractivity (Wildman–Crippen MR) is 147 cm³/mol. The topological polar surface area (TPSA) is 86.8 Å². The molecule has 0 radical (unpaired) electrons. The highest BCUT2D eigenvalue weighted by Crippen LogP contribution is 2.29. The van der Waals surface area contributed by atoms with E-state index in [1.54, 1.807) is 50.2 Å². The van der Waals surface area contributed by atoms with Crippen LogP contribution in [0.25, 0.3) is 0 Å². The summed E-state index contributed by atoms with van der Waals surface area (Å²) in [7, 11) is -3.61. The average molecular weight is 577 g/mol. The SMILES string of the molecule is CCCNC(=O)C(C)N(Cc1ccc(Cl)c(Cl)c1)C(=O)CCCN(c1cccc(Cl)c1C)S(C)(=O)=O. The van der Waals surface area contributed by atoms with E-state index in [1.165, 1.54) is 9.21 Å². The number of amides is 2. The first-order valence-corrected chi connectivity index (χ1v) is 14.6.